The summed E-state index contributed by atoms with van der Waals surface area (Å²) in [5, 5.41) is 8.66. The fraction of sp³-hybridized carbons (Fsp3) is 0.391. The minimum atomic E-state index is -0.176. The summed E-state index contributed by atoms with van der Waals surface area (Å²) in [6.45, 7) is 5.40. The molecule has 5 nitrogen and oxygen atoms in total. The Labute approximate surface area is 166 Å². The average Bonchev–Trinajstić information content (AvgIpc) is 3.53. The predicted octanol–water partition coefficient (Wildman–Crippen LogP) is 4.20. The molecule has 0 spiro atoms. The van der Waals surface area contributed by atoms with Crippen molar-refractivity contribution in [3.63, 3.8) is 0 Å². The second-order valence-corrected chi connectivity index (χ2v) is 7.72. The van der Waals surface area contributed by atoms with E-state index in [1.807, 2.05) is 24.3 Å². The van der Waals surface area contributed by atoms with E-state index < -0.39 is 0 Å². The number of hydrogen-bond donors (Lipinski definition) is 3. The van der Waals surface area contributed by atoms with Gasteiger partial charge < -0.3 is 16.0 Å². The van der Waals surface area contributed by atoms with Crippen LogP contribution in [-0.4, -0.2) is 18.5 Å². The second-order valence-electron chi connectivity index (χ2n) is 7.72. The lowest BCUT2D eigenvalue weighted by Gasteiger charge is -2.10. The molecule has 2 aromatic rings. The van der Waals surface area contributed by atoms with Crippen LogP contribution >= 0.6 is 0 Å². The van der Waals surface area contributed by atoms with E-state index in [-0.39, 0.29) is 17.9 Å². The van der Waals surface area contributed by atoms with Gasteiger partial charge in [-0.3, -0.25) is 4.79 Å². The van der Waals surface area contributed by atoms with Gasteiger partial charge in [-0.05, 0) is 54.0 Å². The van der Waals surface area contributed by atoms with Crippen LogP contribution in [0.1, 0.15) is 49.3 Å². The number of amides is 3. The zero-order chi connectivity index (χ0) is 19.9. The van der Waals surface area contributed by atoms with E-state index >= 15 is 0 Å². The number of nitrogens with one attached hydrogen (secondary N) is 3. The Bertz CT molecular complexity index is 794. The van der Waals surface area contributed by atoms with E-state index in [0.29, 0.717) is 19.0 Å². The Morgan fingerprint density at radius 3 is 2.18 bits per heavy atom. The monoisotopic (exact) mass is 379 g/mol. The van der Waals surface area contributed by atoms with Gasteiger partial charge in [0.1, 0.15) is 0 Å². The third-order valence-electron chi connectivity index (χ3n) is 4.97. The number of hydrogen-bond acceptors (Lipinski definition) is 2. The Kier molecular flexibility index (Phi) is 6.69. The predicted molar refractivity (Wildman–Crippen MR) is 112 cm³/mol. The molecule has 3 amide bonds. The molecule has 0 aliphatic heterocycles. The number of anilines is 1. The van der Waals surface area contributed by atoms with Gasteiger partial charge in [0.15, 0.2) is 0 Å². The lowest BCUT2D eigenvalue weighted by Crippen LogP contribution is -2.36. The van der Waals surface area contributed by atoms with E-state index in [0.717, 1.165) is 30.5 Å². The van der Waals surface area contributed by atoms with Crippen LogP contribution in [0.2, 0.25) is 0 Å². The molecule has 0 radical (unpaired) electrons. The quantitative estimate of drug-likeness (QED) is 0.643. The van der Waals surface area contributed by atoms with Crippen LogP contribution in [0, 0.1) is 5.92 Å². The number of carbonyl (C=O) groups excluding carboxylic acids is 2. The first-order valence-electron chi connectivity index (χ1n) is 10.0. The fourth-order valence-corrected chi connectivity index (χ4v) is 2.93. The van der Waals surface area contributed by atoms with Crippen LogP contribution in [0.4, 0.5) is 10.5 Å². The second kappa shape index (κ2) is 9.40. The summed E-state index contributed by atoms with van der Waals surface area (Å²) in [4.78, 5) is 23.7. The van der Waals surface area contributed by atoms with Crippen molar-refractivity contribution in [2.75, 3.05) is 11.9 Å². The standard InChI is InChI=1S/C23H29N3O2/c1-16(2)19-7-3-17(4-8-19)13-14-24-23(28)25-15-18-5-11-21(12-6-18)26-22(27)20-9-10-20/h3-8,11-12,16,20H,9-10,13-15H2,1-2H3,(H,26,27)(H2,24,25,28). The molecule has 1 fully saturated rings. The fourth-order valence-electron chi connectivity index (χ4n) is 2.93. The van der Waals surface area contributed by atoms with Crippen molar-refractivity contribution < 1.29 is 9.59 Å². The minimum absolute atomic E-state index is 0.101. The van der Waals surface area contributed by atoms with E-state index in [2.05, 4.69) is 54.1 Å². The van der Waals surface area contributed by atoms with E-state index in [4.69, 9.17) is 0 Å². The molecule has 0 bridgehead atoms. The largest absolute Gasteiger partial charge is 0.338 e. The van der Waals surface area contributed by atoms with E-state index in [9.17, 15) is 9.59 Å². The van der Waals surface area contributed by atoms with E-state index in [1.165, 1.54) is 11.1 Å². The Balaban J connectivity index is 1.35. The maximum absolute atomic E-state index is 12.0. The molecule has 0 heterocycles. The van der Waals surface area contributed by atoms with Crippen molar-refractivity contribution in [1.29, 1.82) is 0 Å². The maximum Gasteiger partial charge on any atom is 0.315 e. The smallest absolute Gasteiger partial charge is 0.315 e. The minimum Gasteiger partial charge on any atom is -0.338 e. The molecule has 0 atom stereocenters. The molecule has 3 rings (SSSR count). The molecule has 3 N–H and O–H groups in total. The van der Waals surface area contributed by atoms with Gasteiger partial charge in [0.05, 0.1) is 0 Å². The van der Waals surface area contributed by atoms with Crippen LogP contribution in [0.3, 0.4) is 0 Å². The average molecular weight is 380 g/mol. The lowest BCUT2D eigenvalue weighted by atomic mass is 10.0. The first kappa shape index (κ1) is 19.9. The topological polar surface area (TPSA) is 70.2 Å². The summed E-state index contributed by atoms with van der Waals surface area (Å²) in [6.07, 6.45) is 2.79. The molecule has 28 heavy (non-hydrogen) atoms. The molecule has 0 saturated heterocycles. The molecule has 1 aliphatic carbocycles. The van der Waals surface area contributed by atoms with Gasteiger partial charge in [0.25, 0.3) is 0 Å². The van der Waals surface area contributed by atoms with Crippen LogP contribution in [-0.2, 0) is 17.8 Å². The zero-order valence-electron chi connectivity index (χ0n) is 16.6. The van der Waals surface area contributed by atoms with Gasteiger partial charge in [-0.2, -0.15) is 0 Å². The lowest BCUT2D eigenvalue weighted by molar-refractivity contribution is -0.117. The van der Waals surface area contributed by atoms with Crippen molar-refractivity contribution in [1.82, 2.24) is 10.6 Å². The molecule has 0 unspecified atom stereocenters. The summed E-state index contributed by atoms with van der Waals surface area (Å²) in [6, 6.07) is 15.9. The van der Waals surface area contributed by atoms with Crippen molar-refractivity contribution in [2.45, 2.75) is 45.6 Å². The summed E-state index contributed by atoms with van der Waals surface area (Å²) in [5.41, 5.74) is 4.33. The normalized spacial score (nSPS) is 13.2. The zero-order valence-corrected chi connectivity index (χ0v) is 16.6. The summed E-state index contributed by atoms with van der Waals surface area (Å²) in [7, 11) is 0. The van der Waals surface area contributed by atoms with Gasteiger partial charge in [-0.15, -0.1) is 0 Å². The van der Waals surface area contributed by atoms with Crippen molar-refractivity contribution in [2.24, 2.45) is 5.92 Å². The van der Waals surface area contributed by atoms with Gasteiger partial charge in [-0.1, -0.05) is 50.2 Å². The molecule has 148 valence electrons. The highest BCUT2D eigenvalue weighted by molar-refractivity contribution is 5.94. The highest BCUT2D eigenvalue weighted by Crippen LogP contribution is 2.30. The molecular weight excluding hydrogens is 350 g/mol. The molecule has 1 saturated carbocycles. The highest BCUT2D eigenvalue weighted by Gasteiger charge is 2.29. The van der Waals surface area contributed by atoms with Crippen molar-refractivity contribution >= 4 is 17.6 Å². The highest BCUT2D eigenvalue weighted by atomic mass is 16.2. The molecular formula is C23H29N3O2. The molecule has 2 aromatic carbocycles. The summed E-state index contributed by atoms with van der Waals surface area (Å²) in [5.74, 6) is 0.823. The molecule has 5 heteroatoms. The van der Waals surface area contributed by atoms with Crippen LogP contribution < -0.4 is 16.0 Å². The number of urea groups is 1. The van der Waals surface area contributed by atoms with Gasteiger partial charge >= 0.3 is 6.03 Å². The number of benzene rings is 2. The van der Waals surface area contributed by atoms with Crippen molar-refractivity contribution in [3.05, 3.63) is 65.2 Å². The van der Waals surface area contributed by atoms with Crippen LogP contribution in [0.25, 0.3) is 0 Å². The molecule has 1 aliphatic rings. The van der Waals surface area contributed by atoms with Gasteiger partial charge in [0, 0.05) is 24.7 Å². The number of rotatable bonds is 8. The molecule has 0 aromatic heterocycles. The third kappa shape index (κ3) is 6.12. The van der Waals surface area contributed by atoms with E-state index in [1.54, 1.807) is 0 Å². The van der Waals surface area contributed by atoms with Gasteiger partial charge in [0.2, 0.25) is 5.91 Å². The Morgan fingerprint density at radius 2 is 1.57 bits per heavy atom. The first-order chi connectivity index (χ1) is 13.5. The summed E-state index contributed by atoms with van der Waals surface area (Å²) >= 11 is 0. The van der Waals surface area contributed by atoms with Crippen LogP contribution in [0.5, 0.6) is 0 Å². The number of carbonyl (C=O) groups is 2. The van der Waals surface area contributed by atoms with Gasteiger partial charge in [-0.25, -0.2) is 4.79 Å². The Hall–Kier alpha value is -2.82. The SMILES string of the molecule is CC(C)c1ccc(CCNC(=O)NCc2ccc(NC(=O)C3CC3)cc2)cc1. The third-order valence-corrected chi connectivity index (χ3v) is 4.97. The maximum atomic E-state index is 12.0. The Morgan fingerprint density at radius 1 is 0.929 bits per heavy atom. The summed E-state index contributed by atoms with van der Waals surface area (Å²) < 4.78 is 0. The van der Waals surface area contributed by atoms with Crippen LogP contribution in [0.15, 0.2) is 48.5 Å². The van der Waals surface area contributed by atoms with Crippen molar-refractivity contribution in [3.8, 4) is 0 Å². The first-order valence-corrected chi connectivity index (χ1v) is 10.0.